The zero-order valence-corrected chi connectivity index (χ0v) is 12.8. The third kappa shape index (κ3) is 6.55. The Morgan fingerprint density at radius 2 is 1.50 bits per heavy atom. The van der Waals surface area contributed by atoms with Gasteiger partial charge in [0.25, 0.3) is 0 Å². The Balaban J connectivity index is 1.49. The van der Waals surface area contributed by atoms with Gasteiger partial charge in [-0.15, -0.1) is 0 Å². The zero-order valence-electron chi connectivity index (χ0n) is 12.8. The molecule has 0 aliphatic heterocycles. The SMILES string of the molecule is O=C(COCc1ccccc1)NCCCCc1ccccc1. The van der Waals surface area contributed by atoms with Crippen molar-refractivity contribution in [1.82, 2.24) is 5.32 Å². The highest BCUT2D eigenvalue weighted by Crippen LogP contribution is 2.04. The first-order valence-electron chi connectivity index (χ1n) is 7.77. The summed E-state index contributed by atoms with van der Waals surface area (Å²) in [5.41, 5.74) is 2.43. The van der Waals surface area contributed by atoms with Crippen LogP contribution in [0.5, 0.6) is 0 Å². The monoisotopic (exact) mass is 297 g/mol. The molecule has 22 heavy (non-hydrogen) atoms. The molecule has 2 aromatic rings. The maximum atomic E-state index is 11.6. The van der Waals surface area contributed by atoms with Crippen LogP contribution in [0.15, 0.2) is 60.7 Å². The second kappa shape index (κ2) is 9.74. The molecule has 0 bridgehead atoms. The molecule has 1 amide bonds. The molecule has 116 valence electrons. The van der Waals surface area contributed by atoms with Gasteiger partial charge in [-0.05, 0) is 30.4 Å². The van der Waals surface area contributed by atoms with E-state index >= 15 is 0 Å². The number of unbranched alkanes of at least 4 members (excludes halogenated alkanes) is 1. The van der Waals surface area contributed by atoms with Crippen molar-refractivity contribution in [3.63, 3.8) is 0 Å². The Hall–Kier alpha value is -2.13. The number of ether oxygens (including phenoxy) is 1. The van der Waals surface area contributed by atoms with E-state index in [9.17, 15) is 4.79 Å². The second-order valence-corrected chi connectivity index (χ2v) is 5.27. The van der Waals surface area contributed by atoms with E-state index in [-0.39, 0.29) is 12.5 Å². The minimum absolute atomic E-state index is 0.0457. The smallest absolute Gasteiger partial charge is 0.246 e. The molecule has 0 spiro atoms. The van der Waals surface area contributed by atoms with Gasteiger partial charge >= 0.3 is 0 Å². The second-order valence-electron chi connectivity index (χ2n) is 5.27. The van der Waals surface area contributed by atoms with Crippen molar-refractivity contribution in [2.75, 3.05) is 13.2 Å². The molecule has 0 unspecified atom stereocenters. The summed E-state index contributed by atoms with van der Waals surface area (Å²) in [5.74, 6) is -0.0457. The van der Waals surface area contributed by atoms with Crippen LogP contribution in [0.3, 0.4) is 0 Å². The summed E-state index contributed by atoms with van der Waals surface area (Å²) >= 11 is 0. The minimum Gasteiger partial charge on any atom is -0.367 e. The predicted octanol–water partition coefficient (Wildman–Crippen LogP) is 3.34. The summed E-state index contributed by atoms with van der Waals surface area (Å²) in [7, 11) is 0. The van der Waals surface area contributed by atoms with Gasteiger partial charge in [-0.25, -0.2) is 0 Å². The Bertz CT molecular complexity index is 540. The molecule has 0 heterocycles. The summed E-state index contributed by atoms with van der Waals surface area (Å²) in [6, 6.07) is 20.3. The van der Waals surface area contributed by atoms with Crippen molar-refractivity contribution in [1.29, 1.82) is 0 Å². The van der Waals surface area contributed by atoms with E-state index in [1.807, 2.05) is 36.4 Å². The van der Waals surface area contributed by atoms with Crippen LogP contribution >= 0.6 is 0 Å². The van der Waals surface area contributed by atoms with Crippen LogP contribution in [0.25, 0.3) is 0 Å². The molecule has 2 rings (SSSR count). The van der Waals surface area contributed by atoms with Gasteiger partial charge in [0.05, 0.1) is 6.61 Å². The van der Waals surface area contributed by atoms with Crippen LogP contribution in [0.2, 0.25) is 0 Å². The van der Waals surface area contributed by atoms with E-state index in [0.717, 1.165) is 24.8 Å². The van der Waals surface area contributed by atoms with E-state index in [1.54, 1.807) is 0 Å². The molecule has 0 aromatic heterocycles. The quantitative estimate of drug-likeness (QED) is 0.721. The van der Waals surface area contributed by atoms with Crippen LogP contribution in [-0.2, 0) is 22.6 Å². The van der Waals surface area contributed by atoms with Crippen molar-refractivity contribution in [2.45, 2.75) is 25.9 Å². The molecule has 0 aliphatic rings. The molecule has 2 aromatic carbocycles. The lowest BCUT2D eigenvalue weighted by Crippen LogP contribution is -2.28. The summed E-state index contributed by atoms with van der Waals surface area (Å²) in [6.07, 6.45) is 3.12. The predicted molar refractivity (Wildman–Crippen MR) is 88.5 cm³/mol. The van der Waals surface area contributed by atoms with Crippen LogP contribution in [-0.4, -0.2) is 19.1 Å². The number of amides is 1. The molecule has 1 N–H and O–H groups in total. The highest BCUT2D eigenvalue weighted by molar-refractivity contribution is 5.77. The van der Waals surface area contributed by atoms with Crippen molar-refractivity contribution in [2.24, 2.45) is 0 Å². The highest BCUT2D eigenvalue weighted by Gasteiger charge is 2.01. The van der Waals surface area contributed by atoms with E-state index in [2.05, 4.69) is 29.6 Å². The Labute approximate surface area is 132 Å². The molecule has 0 aliphatic carbocycles. The molecule has 0 atom stereocenters. The van der Waals surface area contributed by atoms with Crippen molar-refractivity contribution < 1.29 is 9.53 Å². The molecular formula is C19H23NO2. The van der Waals surface area contributed by atoms with E-state index in [4.69, 9.17) is 4.74 Å². The van der Waals surface area contributed by atoms with Gasteiger partial charge in [-0.2, -0.15) is 0 Å². The lowest BCUT2D eigenvalue weighted by Gasteiger charge is -2.06. The van der Waals surface area contributed by atoms with E-state index < -0.39 is 0 Å². The van der Waals surface area contributed by atoms with Crippen LogP contribution < -0.4 is 5.32 Å². The van der Waals surface area contributed by atoms with E-state index in [0.29, 0.717) is 13.2 Å². The fraction of sp³-hybridized carbons (Fsp3) is 0.316. The lowest BCUT2D eigenvalue weighted by molar-refractivity contribution is -0.126. The number of rotatable bonds is 9. The first kappa shape index (κ1) is 16.2. The Morgan fingerprint density at radius 3 is 2.18 bits per heavy atom. The van der Waals surface area contributed by atoms with Gasteiger partial charge in [0.2, 0.25) is 5.91 Å². The fourth-order valence-corrected chi connectivity index (χ4v) is 2.21. The number of carbonyl (C=O) groups is 1. The number of nitrogens with one attached hydrogen (secondary N) is 1. The number of carbonyl (C=O) groups excluding carboxylic acids is 1. The lowest BCUT2D eigenvalue weighted by atomic mass is 10.1. The number of hydrogen-bond donors (Lipinski definition) is 1. The topological polar surface area (TPSA) is 38.3 Å². The van der Waals surface area contributed by atoms with Crippen LogP contribution in [0.1, 0.15) is 24.0 Å². The number of aryl methyl sites for hydroxylation is 1. The molecule has 0 saturated heterocycles. The zero-order chi connectivity index (χ0) is 15.5. The van der Waals surface area contributed by atoms with Gasteiger partial charge in [0.1, 0.15) is 6.61 Å². The molecule has 3 nitrogen and oxygen atoms in total. The van der Waals surface area contributed by atoms with Gasteiger partial charge < -0.3 is 10.1 Å². The van der Waals surface area contributed by atoms with Gasteiger partial charge in [0.15, 0.2) is 0 Å². The summed E-state index contributed by atoms with van der Waals surface area (Å²) in [6.45, 7) is 1.30. The van der Waals surface area contributed by atoms with Crippen molar-refractivity contribution >= 4 is 5.91 Å². The highest BCUT2D eigenvalue weighted by atomic mass is 16.5. The molecule has 3 heteroatoms. The summed E-state index contributed by atoms with van der Waals surface area (Å²) < 4.78 is 5.40. The average Bonchev–Trinajstić information content (AvgIpc) is 2.56. The largest absolute Gasteiger partial charge is 0.367 e. The molecular weight excluding hydrogens is 274 g/mol. The van der Waals surface area contributed by atoms with E-state index in [1.165, 1.54) is 5.56 Å². The third-order valence-electron chi connectivity index (χ3n) is 3.40. The Morgan fingerprint density at radius 1 is 0.864 bits per heavy atom. The maximum absolute atomic E-state index is 11.6. The van der Waals surface area contributed by atoms with Gasteiger partial charge in [-0.3, -0.25) is 4.79 Å². The molecule has 0 saturated carbocycles. The molecule has 0 radical (unpaired) electrons. The maximum Gasteiger partial charge on any atom is 0.246 e. The normalized spacial score (nSPS) is 10.4. The van der Waals surface area contributed by atoms with Gasteiger partial charge in [-0.1, -0.05) is 60.7 Å². The summed E-state index contributed by atoms with van der Waals surface area (Å²) in [4.78, 5) is 11.6. The fourth-order valence-electron chi connectivity index (χ4n) is 2.21. The summed E-state index contributed by atoms with van der Waals surface area (Å²) in [5, 5.41) is 2.89. The third-order valence-corrected chi connectivity index (χ3v) is 3.40. The van der Waals surface area contributed by atoms with Crippen LogP contribution in [0.4, 0.5) is 0 Å². The first-order chi connectivity index (χ1) is 10.8. The standard InChI is InChI=1S/C19H23NO2/c21-19(16-22-15-18-12-5-2-6-13-18)20-14-8-7-11-17-9-3-1-4-10-17/h1-6,9-10,12-13H,7-8,11,14-16H2,(H,20,21). The minimum atomic E-state index is -0.0457. The van der Waals surface area contributed by atoms with Crippen molar-refractivity contribution in [3.8, 4) is 0 Å². The first-order valence-corrected chi connectivity index (χ1v) is 7.77. The Kier molecular flexibility index (Phi) is 7.19. The number of hydrogen-bond acceptors (Lipinski definition) is 2. The molecule has 0 fully saturated rings. The van der Waals surface area contributed by atoms with Gasteiger partial charge in [0, 0.05) is 6.54 Å². The average molecular weight is 297 g/mol. The van der Waals surface area contributed by atoms with Crippen LogP contribution in [0, 0.1) is 0 Å². The van der Waals surface area contributed by atoms with Crippen molar-refractivity contribution in [3.05, 3.63) is 71.8 Å². The number of benzene rings is 2.